The van der Waals surface area contributed by atoms with Crippen LogP contribution >= 0.6 is 15.9 Å². The predicted octanol–water partition coefficient (Wildman–Crippen LogP) is 3.78. The molecule has 0 amide bonds. The van der Waals surface area contributed by atoms with Crippen LogP contribution in [0.4, 0.5) is 0 Å². The van der Waals surface area contributed by atoms with E-state index in [1.807, 2.05) is 31.2 Å². The fourth-order valence-corrected chi connectivity index (χ4v) is 3.77. The van der Waals surface area contributed by atoms with Crippen LogP contribution in [0, 0.1) is 6.92 Å². The summed E-state index contributed by atoms with van der Waals surface area (Å²) < 4.78 is 28.3. The molecule has 0 aliphatic heterocycles. The molecule has 0 aliphatic rings. The molecule has 23 heavy (non-hydrogen) atoms. The zero-order chi connectivity index (χ0) is 16.4. The van der Waals surface area contributed by atoms with E-state index in [4.69, 9.17) is 0 Å². The minimum absolute atomic E-state index is 0.191. The molecule has 3 aromatic rings. The topological polar surface area (TPSA) is 59.1 Å². The molecule has 0 unspecified atom stereocenters. The zero-order valence-corrected chi connectivity index (χ0v) is 14.9. The molecule has 0 bridgehead atoms. The summed E-state index contributed by atoms with van der Waals surface area (Å²) in [7, 11) is -3.54. The lowest BCUT2D eigenvalue weighted by Crippen LogP contribution is -2.23. The van der Waals surface area contributed by atoms with E-state index >= 15 is 0 Å². The van der Waals surface area contributed by atoms with Crippen molar-refractivity contribution in [3.05, 3.63) is 70.3 Å². The Bertz CT molecular complexity index is 954. The van der Waals surface area contributed by atoms with Crippen molar-refractivity contribution in [3.8, 4) is 0 Å². The first-order chi connectivity index (χ1) is 11.0. The summed E-state index contributed by atoms with van der Waals surface area (Å²) >= 11 is 3.49. The summed E-state index contributed by atoms with van der Waals surface area (Å²) in [6.07, 6.45) is 1.70. The quantitative estimate of drug-likeness (QED) is 0.736. The molecule has 1 N–H and O–H groups in total. The largest absolute Gasteiger partial charge is 0.256 e. The Balaban J connectivity index is 1.89. The van der Waals surface area contributed by atoms with Crippen LogP contribution in [-0.2, 0) is 16.6 Å². The highest BCUT2D eigenvalue weighted by molar-refractivity contribution is 9.10. The second-order valence-corrected chi connectivity index (χ2v) is 7.86. The number of aryl methyl sites for hydroxylation is 1. The summed E-state index contributed by atoms with van der Waals surface area (Å²) in [6.45, 7) is 2.11. The van der Waals surface area contributed by atoms with Gasteiger partial charge in [-0.25, -0.2) is 13.1 Å². The van der Waals surface area contributed by atoms with Gasteiger partial charge in [-0.05, 0) is 36.8 Å². The average Bonchev–Trinajstić information content (AvgIpc) is 2.55. The fraction of sp³-hybridized carbons (Fsp3) is 0.118. The molecular weight excluding hydrogens is 376 g/mol. The number of aromatic nitrogens is 1. The van der Waals surface area contributed by atoms with Crippen molar-refractivity contribution in [2.24, 2.45) is 0 Å². The molecule has 2 aromatic carbocycles. The van der Waals surface area contributed by atoms with Crippen LogP contribution in [0.5, 0.6) is 0 Å². The van der Waals surface area contributed by atoms with E-state index in [-0.39, 0.29) is 11.4 Å². The SMILES string of the molecule is Cc1ccc(S(=O)(=O)NCc2ccc(Br)c3cccnc23)cc1. The Labute approximate surface area is 143 Å². The van der Waals surface area contributed by atoms with Gasteiger partial charge in [-0.1, -0.05) is 45.8 Å². The molecule has 1 aromatic heterocycles. The highest BCUT2D eigenvalue weighted by Gasteiger charge is 2.14. The lowest BCUT2D eigenvalue weighted by Gasteiger charge is -2.10. The summed E-state index contributed by atoms with van der Waals surface area (Å²) in [5.41, 5.74) is 2.64. The van der Waals surface area contributed by atoms with Crippen molar-refractivity contribution in [2.45, 2.75) is 18.4 Å². The number of rotatable bonds is 4. The lowest BCUT2D eigenvalue weighted by atomic mass is 10.1. The van der Waals surface area contributed by atoms with E-state index in [0.717, 1.165) is 26.5 Å². The van der Waals surface area contributed by atoms with Crippen LogP contribution in [0.1, 0.15) is 11.1 Å². The highest BCUT2D eigenvalue weighted by atomic mass is 79.9. The van der Waals surface area contributed by atoms with Crippen molar-refractivity contribution in [2.75, 3.05) is 0 Å². The van der Waals surface area contributed by atoms with Crippen LogP contribution < -0.4 is 4.72 Å². The van der Waals surface area contributed by atoms with Crippen LogP contribution in [0.2, 0.25) is 0 Å². The maximum Gasteiger partial charge on any atom is 0.240 e. The lowest BCUT2D eigenvalue weighted by molar-refractivity contribution is 0.581. The van der Waals surface area contributed by atoms with E-state index in [1.54, 1.807) is 30.5 Å². The van der Waals surface area contributed by atoms with Gasteiger partial charge in [-0.2, -0.15) is 0 Å². The van der Waals surface area contributed by atoms with Gasteiger partial charge in [0.1, 0.15) is 0 Å². The van der Waals surface area contributed by atoms with Gasteiger partial charge in [-0.15, -0.1) is 0 Å². The molecule has 0 spiro atoms. The molecule has 4 nitrogen and oxygen atoms in total. The molecule has 3 rings (SSSR count). The van der Waals surface area contributed by atoms with Crippen LogP contribution in [0.15, 0.2) is 64.1 Å². The third kappa shape index (κ3) is 3.44. The van der Waals surface area contributed by atoms with Crippen molar-refractivity contribution >= 4 is 36.9 Å². The van der Waals surface area contributed by atoms with E-state index in [1.165, 1.54) is 0 Å². The minimum atomic E-state index is -3.54. The number of hydrogen-bond acceptors (Lipinski definition) is 3. The molecular formula is C17H15BrN2O2S. The van der Waals surface area contributed by atoms with Gasteiger partial charge in [0.25, 0.3) is 0 Å². The number of halogens is 1. The first-order valence-corrected chi connectivity index (χ1v) is 9.33. The molecule has 0 radical (unpaired) electrons. The van der Waals surface area contributed by atoms with Crippen molar-refractivity contribution < 1.29 is 8.42 Å². The summed E-state index contributed by atoms with van der Waals surface area (Å²) in [6, 6.07) is 14.4. The normalized spacial score (nSPS) is 11.7. The number of nitrogens with one attached hydrogen (secondary N) is 1. The number of pyridine rings is 1. The van der Waals surface area contributed by atoms with Gasteiger partial charge in [0.05, 0.1) is 10.4 Å². The Morgan fingerprint density at radius 1 is 1.09 bits per heavy atom. The second-order valence-electron chi connectivity index (χ2n) is 5.24. The maximum absolute atomic E-state index is 12.4. The number of fused-ring (bicyclic) bond motifs is 1. The van der Waals surface area contributed by atoms with Crippen LogP contribution in [0.25, 0.3) is 10.9 Å². The molecule has 118 valence electrons. The van der Waals surface area contributed by atoms with Crippen molar-refractivity contribution in [1.82, 2.24) is 9.71 Å². The molecule has 0 atom stereocenters. The van der Waals surface area contributed by atoms with Crippen LogP contribution in [-0.4, -0.2) is 13.4 Å². The Morgan fingerprint density at radius 3 is 2.57 bits per heavy atom. The molecule has 0 fully saturated rings. The van der Waals surface area contributed by atoms with E-state index in [2.05, 4.69) is 25.6 Å². The fourth-order valence-electron chi connectivity index (χ4n) is 2.31. The van der Waals surface area contributed by atoms with E-state index in [9.17, 15) is 8.42 Å². The maximum atomic E-state index is 12.4. The number of nitrogens with zero attached hydrogens (tertiary/aromatic N) is 1. The van der Waals surface area contributed by atoms with Crippen molar-refractivity contribution in [1.29, 1.82) is 0 Å². The summed E-state index contributed by atoms with van der Waals surface area (Å²) in [5.74, 6) is 0. The summed E-state index contributed by atoms with van der Waals surface area (Å²) in [5, 5.41) is 0.958. The smallest absolute Gasteiger partial charge is 0.240 e. The first-order valence-electron chi connectivity index (χ1n) is 7.06. The Hall–Kier alpha value is -1.76. The predicted molar refractivity (Wildman–Crippen MR) is 94.6 cm³/mol. The van der Waals surface area contributed by atoms with E-state index < -0.39 is 10.0 Å². The van der Waals surface area contributed by atoms with Gasteiger partial charge >= 0.3 is 0 Å². The van der Waals surface area contributed by atoms with Gasteiger partial charge in [0, 0.05) is 22.6 Å². The third-order valence-corrected chi connectivity index (χ3v) is 5.69. The molecule has 0 saturated carbocycles. The monoisotopic (exact) mass is 390 g/mol. The highest BCUT2D eigenvalue weighted by Crippen LogP contribution is 2.25. The standard InChI is InChI=1S/C17H15BrN2O2S/c1-12-4-7-14(8-5-12)23(21,22)20-11-13-6-9-16(18)15-3-2-10-19-17(13)15/h2-10,20H,11H2,1H3. The molecule has 0 aliphatic carbocycles. The molecule has 1 heterocycles. The van der Waals surface area contributed by atoms with Gasteiger partial charge in [0.15, 0.2) is 0 Å². The molecule has 6 heteroatoms. The number of sulfonamides is 1. The third-order valence-electron chi connectivity index (χ3n) is 3.58. The Morgan fingerprint density at radius 2 is 1.83 bits per heavy atom. The van der Waals surface area contributed by atoms with Gasteiger partial charge in [-0.3, -0.25) is 4.98 Å². The zero-order valence-electron chi connectivity index (χ0n) is 12.5. The van der Waals surface area contributed by atoms with Crippen molar-refractivity contribution in [3.63, 3.8) is 0 Å². The molecule has 0 saturated heterocycles. The first kappa shape index (κ1) is 16.1. The number of hydrogen-bond donors (Lipinski definition) is 1. The Kier molecular flexibility index (Phi) is 4.48. The van der Waals surface area contributed by atoms with Crippen LogP contribution in [0.3, 0.4) is 0 Å². The second kappa shape index (κ2) is 6.39. The number of benzene rings is 2. The summed E-state index contributed by atoms with van der Waals surface area (Å²) in [4.78, 5) is 4.62. The van der Waals surface area contributed by atoms with E-state index in [0.29, 0.717) is 0 Å². The van der Waals surface area contributed by atoms with Gasteiger partial charge < -0.3 is 0 Å². The minimum Gasteiger partial charge on any atom is -0.256 e. The van der Waals surface area contributed by atoms with Gasteiger partial charge in [0.2, 0.25) is 10.0 Å². The average molecular weight is 391 g/mol.